The highest BCUT2D eigenvalue weighted by Gasteiger charge is 2.20. The molecule has 13 heavy (non-hydrogen) atoms. The predicted octanol–water partition coefficient (Wildman–Crippen LogP) is 2.10. The van der Waals surface area contributed by atoms with E-state index in [9.17, 15) is 4.79 Å². The smallest absolute Gasteiger partial charge is 0.191 e. The number of nitrogens with zero attached hydrogens (tertiary/aromatic N) is 1. The first-order chi connectivity index (χ1) is 5.95. The Morgan fingerprint density at radius 1 is 1.62 bits per heavy atom. The van der Waals surface area contributed by atoms with Crippen LogP contribution in [-0.2, 0) is 0 Å². The number of aromatic nitrogens is 1. The quantitative estimate of drug-likeness (QED) is 0.567. The molecule has 0 aliphatic rings. The average Bonchev–Trinajstić information content (AvgIpc) is 2.50. The lowest BCUT2D eigenvalue weighted by molar-refractivity contribution is 0.0994. The summed E-state index contributed by atoms with van der Waals surface area (Å²) in [7, 11) is -1.29. The predicted molar refractivity (Wildman–Crippen MR) is 59.4 cm³/mol. The Labute approximate surface area is 84.0 Å². The molecule has 0 atom stereocenters. The van der Waals surface area contributed by atoms with Crippen molar-refractivity contribution in [3.63, 3.8) is 0 Å². The van der Waals surface area contributed by atoms with Gasteiger partial charge < -0.3 is 0 Å². The minimum atomic E-state index is -1.29. The van der Waals surface area contributed by atoms with Crippen molar-refractivity contribution in [3.8, 4) is 0 Å². The standard InChI is InChI=1S/C9H14NOSSi/c1-5-7(11)9-10-6-8(12-9)13(2,3)4/h6H,1,5H2,2-4H3. The van der Waals surface area contributed by atoms with Crippen LogP contribution in [0.15, 0.2) is 6.20 Å². The van der Waals surface area contributed by atoms with Crippen molar-refractivity contribution >= 4 is 29.7 Å². The number of carbonyl (C=O) groups excluding carboxylic acids is 1. The summed E-state index contributed by atoms with van der Waals surface area (Å²) in [5.74, 6) is 0.0505. The molecule has 1 aromatic rings. The molecule has 0 aliphatic heterocycles. The Morgan fingerprint density at radius 2 is 2.23 bits per heavy atom. The Bertz CT molecular complexity index is 314. The highest BCUT2D eigenvalue weighted by atomic mass is 32.1. The number of rotatable bonds is 3. The summed E-state index contributed by atoms with van der Waals surface area (Å²) in [4.78, 5) is 15.4. The molecule has 0 unspecified atom stereocenters. The Kier molecular flexibility index (Phi) is 3.03. The van der Waals surface area contributed by atoms with Gasteiger partial charge >= 0.3 is 0 Å². The van der Waals surface area contributed by atoms with E-state index >= 15 is 0 Å². The topological polar surface area (TPSA) is 30.0 Å². The second kappa shape index (κ2) is 3.72. The molecule has 1 radical (unpaired) electrons. The van der Waals surface area contributed by atoms with Crippen molar-refractivity contribution in [2.75, 3.05) is 0 Å². The molecule has 1 rings (SSSR count). The highest BCUT2D eigenvalue weighted by molar-refractivity contribution is 7.27. The van der Waals surface area contributed by atoms with Gasteiger partial charge in [0.1, 0.15) is 0 Å². The van der Waals surface area contributed by atoms with E-state index in [0.717, 1.165) is 0 Å². The van der Waals surface area contributed by atoms with Gasteiger partial charge in [-0.1, -0.05) is 19.6 Å². The zero-order chi connectivity index (χ0) is 10.1. The average molecular weight is 212 g/mol. The number of carbonyl (C=O) groups is 1. The summed E-state index contributed by atoms with van der Waals surface area (Å²) in [6.07, 6.45) is 2.15. The molecule has 0 bridgehead atoms. The number of thiazole rings is 1. The fourth-order valence-electron chi connectivity index (χ4n) is 0.857. The lowest BCUT2D eigenvalue weighted by atomic mass is 10.3. The highest BCUT2D eigenvalue weighted by Crippen LogP contribution is 2.11. The summed E-state index contributed by atoms with van der Waals surface area (Å²) in [6, 6.07) is 0. The molecular formula is C9H14NOSSi. The first kappa shape index (κ1) is 10.6. The van der Waals surface area contributed by atoms with Crippen LogP contribution in [0.2, 0.25) is 19.6 Å². The van der Waals surface area contributed by atoms with E-state index in [-0.39, 0.29) is 5.78 Å². The fraction of sp³-hybridized carbons (Fsp3) is 0.444. The van der Waals surface area contributed by atoms with Crippen LogP contribution in [0.25, 0.3) is 0 Å². The molecule has 0 amide bonds. The van der Waals surface area contributed by atoms with Crippen LogP contribution < -0.4 is 4.50 Å². The van der Waals surface area contributed by atoms with Gasteiger partial charge in [-0.2, -0.15) is 0 Å². The van der Waals surface area contributed by atoms with Crippen LogP contribution in [-0.4, -0.2) is 18.8 Å². The molecule has 1 aromatic heterocycles. The first-order valence-electron chi connectivity index (χ1n) is 4.24. The largest absolute Gasteiger partial charge is 0.292 e. The normalized spacial score (nSPS) is 11.7. The van der Waals surface area contributed by atoms with E-state index in [1.54, 1.807) is 0 Å². The molecule has 0 saturated carbocycles. The van der Waals surface area contributed by atoms with Crippen molar-refractivity contribution in [1.82, 2.24) is 4.98 Å². The molecule has 0 aromatic carbocycles. The minimum absolute atomic E-state index is 0.0505. The number of hydrogen-bond acceptors (Lipinski definition) is 3. The molecular weight excluding hydrogens is 198 g/mol. The fourth-order valence-corrected chi connectivity index (χ4v) is 3.46. The first-order valence-corrected chi connectivity index (χ1v) is 8.55. The van der Waals surface area contributed by atoms with E-state index in [4.69, 9.17) is 0 Å². The van der Waals surface area contributed by atoms with Crippen molar-refractivity contribution in [2.24, 2.45) is 0 Å². The van der Waals surface area contributed by atoms with E-state index in [1.807, 2.05) is 6.20 Å². The minimum Gasteiger partial charge on any atom is -0.292 e. The number of ketones is 1. The van der Waals surface area contributed by atoms with E-state index < -0.39 is 8.07 Å². The summed E-state index contributed by atoms with van der Waals surface area (Å²) < 4.78 is 1.28. The summed E-state index contributed by atoms with van der Waals surface area (Å²) in [6.45, 7) is 10.3. The SMILES string of the molecule is [CH2]CC(=O)c1ncc([Si](C)(C)C)s1. The number of Topliss-reactive ketones (excluding diaryl/α,β-unsaturated/α-hetero) is 1. The molecule has 0 saturated heterocycles. The van der Waals surface area contributed by atoms with Gasteiger partial charge in [0.15, 0.2) is 10.8 Å². The number of hydrogen-bond donors (Lipinski definition) is 0. The second-order valence-corrected chi connectivity index (χ2v) is 10.4. The van der Waals surface area contributed by atoms with Gasteiger partial charge in [-0.3, -0.25) is 4.79 Å². The molecule has 0 aliphatic carbocycles. The molecule has 1 heterocycles. The van der Waals surface area contributed by atoms with Gasteiger partial charge in [-0.25, -0.2) is 4.98 Å². The van der Waals surface area contributed by atoms with Crippen LogP contribution in [0.1, 0.15) is 16.2 Å². The lowest BCUT2D eigenvalue weighted by Gasteiger charge is -2.11. The maximum absolute atomic E-state index is 11.3. The van der Waals surface area contributed by atoms with Crippen molar-refractivity contribution in [3.05, 3.63) is 18.1 Å². The van der Waals surface area contributed by atoms with E-state index in [0.29, 0.717) is 11.4 Å². The van der Waals surface area contributed by atoms with Crippen molar-refractivity contribution in [2.45, 2.75) is 26.1 Å². The van der Waals surface area contributed by atoms with E-state index in [1.165, 1.54) is 15.8 Å². The van der Waals surface area contributed by atoms with E-state index in [2.05, 4.69) is 31.5 Å². The van der Waals surface area contributed by atoms with Crippen LogP contribution >= 0.6 is 11.3 Å². The van der Waals surface area contributed by atoms with Gasteiger partial charge in [0, 0.05) is 17.1 Å². The molecule has 4 heteroatoms. The third kappa shape index (κ3) is 2.48. The molecule has 0 N–H and O–H groups in total. The molecule has 2 nitrogen and oxygen atoms in total. The van der Waals surface area contributed by atoms with Crippen LogP contribution in [0, 0.1) is 6.92 Å². The van der Waals surface area contributed by atoms with Gasteiger partial charge in [-0.05, 0) is 6.92 Å². The maximum Gasteiger partial charge on any atom is 0.191 e. The Hall–Kier alpha value is -0.483. The van der Waals surface area contributed by atoms with Crippen molar-refractivity contribution < 1.29 is 4.79 Å². The van der Waals surface area contributed by atoms with Crippen LogP contribution in [0.5, 0.6) is 0 Å². The second-order valence-electron chi connectivity index (χ2n) is 3.95. The van der Waals surface area contributed by atoms with Crippen LogP contribution in [0.3, 0.4) is 0 Å². The third-order valence-corrected chi connectivity index (χ3v) is 6.31. The summed E-state index contributed by atoms with van der Waals surface area (Å²) in [5.41, 5.74) is 0. The van der Waals surface area contributed by atoms with Gasteiger partial charge in [0.05, 0.1) is 8.07 Å². The summed E-state index contributed by atoms with van der Waals surface area (Å²) in [5, 5.41) is 0.618. The zero-order valence-corrected chi connectivity index (χ0v) is 10.1. The summed E-state index contributed by atoms with van der Waals surface area (Å²) >= 11 is 1.53. The monoisotopic (exact) mass is 212 g/mol. The van der Waals surface area contributed by atoms with Crippen molar-refractivity contribution in [1.29, 1.82) is 0 Å². The molecule has 0 spiro atoms. The Morgan fingerprint density at radius 3 is 2.62 bits per heavy atom. The third-order valence-electron chi connectivity index (χ3n) is 1.71. The van der Waals surface area contributed by atoms with Gasteiger partial charge in [0.25, 0.3) is 0 Å². The molecule has 71 valence electrons. The van der Waals surface area contributed by atoms with Gasteiger partial charge in [-0.15, -0.1) is 11.3 Å². The zero-order valence-electron chi connectivity index (χ0n) is 8.26. The Balaban J connectivity index is 2.93. The van der Waals surface area contributed by atoms with Crippen LogP contribution in [0.4, 0.5) is 0 Å². The van der Waals surface area contributed by atoms with Gasteiger partial charge in [0.2, 0.25) is 0 Å². The maximum atomic E-state index is 11.3. The lowest BCUT2D eigenvalue weighted by Crippen LogP contribution is -2.34. The molecule has 0 fully saturated rings.